The number of methoxy groups -OCH3 is 1. The Morgan fingerprint density at radius 1 is 1.14 bits per heavy atom. The van der Waals surface area contributed by atoms with E-state index in [2.05, 4.69) is 5.32 Å². The highest BCUT2D eigenvalue weighted by molar-refractivity contribution is 7.92. The van der Waals surface area contributed by atoms with Crippen LogP contribution in [0.3, 0.4) is 0 Å². The molecule has 0 fully saturated rings. The van der Waals surface area contributed by atoms with Gasteiger partial charge in [-0.3, -0.25) is 9.10 Å². The molecule has 152 valence electrons. The molecule has 2 rings (SSSR count). The van der Waals surface area contributed by atoms with Gasteiger partial charge in [0.1, 0.15) is 12.3 Å². The fraction of sp³-hybridized carbons (Fsp3) is 0.381. The van der Waals surface area contributed by atoms with Crippen LogP contribution >= 0.6 is 0 Å². The summed E-state index contributed by atoms with van der Waals surface area (Å²) in [6.45, 7) is 7.32. The number of carbonyl (C=O) groups is 1. The summed E-state index contributed by atoms with van der Waals surface area (Å²) in [5, 5.41) is 2.89. The Bertz CT molecular complexity index is 922. The zero-order valence-electron chi connectivity index (χ0n) is 17.0. The Kier molecular flexibility index (Phi) is 6.72. The summed E-state index contributed by atoms with van der Waals surface area (Å²) in [4.78, 5) is 12.8. The first-order valence-electron chi connectivity index (χ1n) is 9.13. The Morgan fingerprint density at radius 3 is 2.36 bits per heavy atom. The van der Waals surface area contributed by atoms with Gasteiger partial charge in [0.15, 0.2) is 0 Å². The van der Waals surface area contributed by atoms with Crippen LogP contribution < -0.4 is 14.4 Å². The normalized spacial score (nSPS) is 11.8. The van der Waals surface area contributed by atoms with Crippen LogP contribution in [0.5, 0.6) is 5.75 Å². The molecule has 1 amide bonds. The number of benzene rings is 2. The van der Waals surface area contributed by atoms with Crippen LogP contribution in [0.15, 0.2) is 53.4 Å². The van der Waals surface area contributed by atoms with E-state index in [-0.39, 0.29) is 17.3 Å². The third-order valence-corrected chi connectivity index (χ3v) is 6.39. The molecule has 0 aromatic heterocycles. The van der Waals surface area contributed by atoms with E-state index in [0.29, 0.717) is 11.4 Å². The number of aryl methyl sites for hydroxylation is 1. The maximum atomic E-state index is 13.3. The van der Waals surface area contributed by atoms with Crippen LogP contribution in [0.2, 0.25) is 0 Å². The quantitative estimate of drug-likeness (QED) is 0.731. The van der Waals surface area contributed by atoms with E-state index in [1.807, 2.05) is 27.7 Å². The summed E-state index contributed by atoms with van der Waals surface area (Å²) in [5.74, 6) is 0.140. The average molecular weight is 405 g/mol. The third kappa shape index (κ3) is 5.25. The van der Waals surface area contributed by atoms with Gasteiger partial charge in [-0.2, -0.15) is 0 Å². The van der Waals surface area contributed by atoms with Crippen molar-refractivity contribution in [1.29, 1.82) is 0 Å². The molecule has 0 aliphatic carbocycles. The third-order valence-electron chi connectivity index (χ3n) is 4.60. The molecule has 2 aromatic rings. The summed E-state index contributed by atoms with van der Waals surface area (Å²) in [6, 6.07) is 13.2. The molecule has 2 aromatic carbocycles. The molecule has 0 aliphatic rings. The topological polar surface area (TPSA) is 75.7 Å². The van der Waals surface area contributed by atoms with Gasteiger partial charge in [-0.25, -0.2) is 8.42 Å². The van der Waals surface area contributed by atoms with Gasteiger partial charge >= 0.3 is 0 Å². The monoisotopic (exact) mass is 404 g/mol. The number of nitrogens with one attached hydrogen (secondary N) is 1. The molecule has 0 bridgehead atoms. The van der Waals surface area contributed by atoms with Gasteiger partial charge in [0, 0.05) is 11.6 Å². The number of hydrogen-bond acceptors (Lipinski definition) is 4. The first kappa shape index (κ1) is 21.8. The number of sulfonamides is 1. The number of ether oxygens (including phenoxy) is 1. The molecule has 0 spiro atoms. The smallest absolute Gasteiger partial charge is 0.264 e. The lowest BCUT2D eigenvalue weighted by atomic mass is 10.0. The van der Waals surface area contributed by atoms with Crippen molar-refractivity contribution >= 4 is 21.6 Å². The van der Waals surface area contributed by atoms with Gasteiger partial charge in [-0.05, 0) is 51.5 Å². The zero-order valence-corrected chi connectivity index (χ0v) is 17.8. The van der Waals surface area contributed by atoms with Crippen molar-refractivity contribution in [2.24, 2.45) is 0 Å². The molecule has 0 saturated carbocycles. The predicted octanol–water partition coefficient (Wildman–Crippen LogP) is 3.50. The highest BCUT2D eigenvalue weighted by Crippen LogP contribution is 2.27. The lowest BCUT2D eigenvalue weighted by molar-refractivity contribution is -0.121. The van der Waals surface area contributed by atoms with Crippen LogP contribution in [0, 0.1) is 6.92 Å². The fourth-order valence-corrected chi connectivity index (χ4v) is 3.97. The van der Waals surface area contributed by atoms with Crippen LogP contribution in [-0.2, 0) is 14.8 Å². The molecule has 28 heavy (non-hydrogen) atoms. The molecule has 0 atom stereocenters. The first-order chi connectivity index (χ1) is 13.1. The minimum Gasteiger partial charge on any atom is -0.497 e. The minimum atomic E-state index is -3.94. The Labute approximate surface area is 167 Å². The number of hydrogen-bond donors (Lipinski definition) is 1. The van der Waals surface area contributed by atoms with Gasteiger partial charge in [0.25, 0.3) is 10.0 Å². The summed E-state index contributed by atoms with van der Waals surface area (Å²) >= 11 is 0. The van der Waals surface area contributed by atoms with Gasteiger partial charge in [-0.15, -0.1) is 0 Å². The van der Waals surface area contributed by atoms with Crippen molar-refractivity contribution in [2.45, 2.75) is 44.6 Å². The molecule has 7 heteroatoms. The standard InChI is InChI=1S/C21H28N2O4S/c1-6-21(3,4)22-20(24)15-23(17-8-7-9-18(14-17)27-5)28(25,26)19-12-10-16(2)11-13-19/h7-14H,6,15H2,1-5H3,(H,22,24). The zero-order chi connectivity index (χ0) is 20.9. The summed E-state index contributed by atoms with van der Waals surface area (Å²) in [6.07, 6.45) is 0.725. The highest BCUT2D eigenvalue weighted by Gasteiger charge is 2.29. The maximum absolute atomic E-state index is 13.3. The fourth-order valence-electron chi connectivity index (χ4n) is 2.55. The second kappa shape index (κ2) is 8.65. The van der Waals surface area contributed by atoms with Gasteiger partial charge in [0.05, 0.1) is 17.7 Å². The molecular weight excluding hydrogens is 376 g/mol. The van der Waals surface area contributed by atoms with Crippen LogP contribution in [0.25, 0.3) is 0 Å². The molecule has 0 heterocycles. The summed E-state index contributed by atoms with van der Waals surface area (Å²) in [7, 11) is -2.43. The molecular formula is C21H28N2O4S. The number of anilines is 1. The van der Waals surface area contributed by atoms with E-state index in [1.54, 1.807) is 48.5 Å². The van der Waals surface area contributed by atoms with E-state index in [0.717, 1.165) is 16.3 Å². The number of nitrogens with zero attached hydrogens (tertiary/aromatic N) is 1. The van der Waals surface area contributed by atoms with Crippen molar-refractivity contribution in [3.8, 4) is 5.75 Å². The average Bonchev–Trinajstić information content (AvgIpc) is 2.66. The number of carbonyl (C=O) groups excluding carboxylic acids is 1. The van der Waals surface area contributed by atoms with Gasteiger partial charge in [0.2, 0.25) is 5.91 Å². The lowest BCUT2D eigenvalue weighted by Gasteiger charge is -2.28. The molecule has 1 N–H and O–H groups in total. The van der Waals surface area contributed by atoms with E-state index in [4.69, 9.17) is 4.74 Å². The Morgan fingerprint density at radius 2 is 1.79 bits per heavy atom. The Balaban J connectivity index is 2.46. The van der Waals surface area contributed by atoms with Crippen molar-refractivity contribution < 1.29 is 17.9 Å². The van der Waals surface area contributed by atoms with E-state index in [9.17, 15) is 13.2 Å². The van der Waals surface area contributed by atoms with Gasteiger partial charge < -0.3 is 10.1 Å². The molecule has 0 saturated heterocycles. The number of rotatable bonds is 8. The highest BCUT2D eigenvalue weighted by atomic mass is 32.2. The van der Waals surface area contributed by atoms with Crippen molar-refractivity contribution in [3.05, 3.63) is 54.1 Å². The number of amides is 1. The SMILES string of the molecule is CCC(C)(C)NC(=O)CN(c1cccc(OC)c1)S(=O)(=O)c1ccc(C)cc1. The van der Waals surface area contributed by atoms with Gasteiger partial charge in [-0.1, -0.05) is 30.7 Å². The molecule has 0 radical (unpaired) electrons. The van der Waals surface area contributed by atoms with Crippen LogP contribution in [0.1, 0.15) is 32.8 Å². The molecule has 0 unspecified atom stereocenters. The Hall–Kier alpha value is -2.54. The second-order valence-corrected chi connectivity index (χ2v) is 9.17. The van der Waals surface area contributed by atoms with Crippen molar-refractivity contribution in [2.75, 3.05) is 18.0 Å². The van der Waals surface area contributed by atoms with Crippen molar-refractivity contribution in [3.63, 3.8) is 0 Å². The summed E-state index contributed by atoms with van der Waals surface area (Å²) < 4.78 is 33.0. The minimum absolute atomic E-state index is 0.128. The maximum Gasteiger partial charge on any atom is 0.264 e. The lowest BCUT2D eigenvalue weighted by Crippen LogP contribution is -2.48. The second-order valence-electron chi connectivity index (χ2n) is 7.31. The largest absolute Gasteiger partial charge is 0.497 e. The van der Waals surface area contributed by atoms with Crippen LogP contribution in [0.4, 0.5) is 5.69 Å². The predicted molar refractivity (Wildman–Crippen MR) is 111 cm³/mol. The van der Waals surface area contributed by atoms with Crippen LogP contribution in [-0.4, -0.2) is 33.5 Å². The van der Waals surface area contributed by atoms with E-state index < -0.39 is 15.6 Å². The van der Waals surface area contributed by atoms with E-state index in [1.165, 1.54) is 7.11 Å². The molecule has 0 aliphatic heterocycles. The summed E-state index contributed by atoms with van der Waals surface area (Å²) in [5.41, 5.74) is 0.892. The first-order valence-corrected chi connectivity index (χ1v) is 10.6. The van der Waals surface area contributed by atoms with Crippen molar-refractivity contribution in [1.82, 2.24) is 5.32 Å². The van der Waals surface area contributed by atoms with E-state index >= 15 is 0 Å². The molecule has 6 nitrogen and oxygen atoms in total.